The summed E-state index contributed by atoms with van der Waals surface area (Å²) < 4.78 is 10.6. The van der Waals surface area contributed by atoms with Crippen LogP contribution in [0, 0.1) is 6.92 Å². The summed E-state index contributed by atoms with van der Waals surface area (Å²) in [6.45, 7) is 10.5. The number of nitrogens with one attached hydrogen (secondary N) is 3. The molecule has 2 aromatic heterocycles. The van der Waals surface area contributed by atoms with Gasteiger partial charge in [0.05, 0.1) is 25.2 Å². The molecule has 0 spiro atoms. The third-order valence-electron chi connectivity index (χ3n) is 4.70. The first-order valence-electron chi connectivity index (χ1n) is 9.86. The number of hydrogen-bond donors (Lipinski definition) is 3. The molecule has 3 rings (SSSR count). The maximum absolute atomic E-state index is 12.3. The summed E-state index contributed by atoms with van der Waals surface area (Å²) in [7, 11) is 0. The fourth-order valence-electron chi connectivity index (χ4n) is 3.26. The summed E-state index contributed by atoms with van der Waals surface area (Å²) in [6.07, 6.45) is 0. The molecule has 3 N–H and O–H groups in total. The molecule has 29 heavy (non-hydrogen) atoms. The van der Waals surface area contributed by atoms with E-state index in [9.17, 15) is 9.59 Å². The zero-order valence-corrected chi connectivity index (χ0v) is 17.9. The van der Waals surface area contributed by atoms with Crippen molar-refractivity contribution >= 4 is 39.2 Å². The van der Waals surface area contributed by atoms with Gasteiger partial charge in [0.25, 0.3) is 0 Å². The lowest BCUT2D eigenvalue weighted by molar-refractivity contribution is -0.922. The number of nitrogens with zero attached hydrogens (tertiary/aromatic N) is 2. The van der Waals surface area contributed by atoms with Gasteiger partial charge >= 0.3 is 5.97 Å². The molecule has 0 radical (unpaired) electrons. The topological polar surface area (TPSA) is 107 Å². The van der Waals surface area contributed by atoms with E-state index in [4.69, 9.17) is 19.4 Å². The monoisotopic (exact) mass is 422 g/mol. The van der Waals surface area contributed by atoms with Crippen LogP contribution in [0.5, 0.6) is 0 Å². The first-order chi connectivity index (χ1) is 14.0. The molecule has 0 saturated carbocycles. The Bertz CT molecular complexity index is 879. The Morgan fingerprint density at radius 3 is 2.69 bits per heavy atom. The Morgan fingerprint density at radius 2 is 2.00 bits per heavy atom. The zero-order valence-electron chi connectivity index (χ0n) is 17.1. The Kier molecular flexibility index (Phi) is 7.34. The van der Waals surface area contributed by atoms with Gasteiger partial charge in [-0.1, -0.05) is 0 Å². The Balaban J connectivity index is 1.90. The number of amides is 1. The number of carbonyl (C=O) groups excluding carboxylic acids is 2. The normalized spacial score (nSPS) is 14.7. The molecule has 158 valence electrons. The number of hydrogen-bond acceptors (Lipinski definition) is 8. The molecule has 9 nitrogen and oxygen atoms in total. The molecule has 1 amide bonds. The molecule has 1 aliphatic rings. The second kappa shape index (κ2) is 9.95. The van der Waals surface area contributed by atoms with Crippen LogP contribution >= 0.6 is 11.3 Å². The van der Waals surface area contributed by atoms with Crippen molar-refractivity contribution < 1.29 is 24.0 Å². The molecule has 3 heterocycles. The Hall–Kier alpha value is -2.30. The SMILES string of the molecule is CCOC(=O)c1sc2nc(C[NH+]3CCOCC3)nc(NCCNC(C)=O)c2c1C. The van der Waals surface area contributed by atoms with E-state index >= 15 is 0 Å². The number of anilines is 1. The smallest absolute Gasteiger partial charge is 0.348 e. The molecular formula is C19H28N5O4S+. The van der Waals surface area contributed by atoms with Crippen LogP contribution in [0.1, 0.15) is 34.9 Å². The fraction of sp³-hybridized carbons (Fsp3) is 0.579. The van der Waals surface area contributed by atoms with Gasteiger partial charge in [0.15, 0.2) is 5.82 Å². The number of quaternary nitrogens is 1. The van der Waals surface area contributed by atoms with Gasteiger partial charge in [-0.25, -0.2) is 14.8 Å². The fourth-order valence-corrected chi connectivity index (χ4v) is 4.35. The molecular weight excluding hydrogens is 394 g/mol. The van der Waals surface area contributed by atoms with E-state index in [-0.39, 0.29) is 11.9 Å². The number of esters is 1. The first kappa shape index (κ1) is 21.4. The molecule has 0 aliphatic carbocycles. The molecule has 2 aromatic rings. The number of morpholine rings is 1. The largest absolute Gasteiger partial charge is 0.462 e. The quantitative estimate of drug-likeness (QED) is 0.410. The lowest BCUT2D eigenvalue weighted by Gasteiger charge is -2.23. The minimum atomic E-state index is -0.336. The summed E-state index contributed by atoms with van der Waals surface area (Å²) in [6, 6.07) is 0. The van der Waals surface area contributed by atoms with Crippen molar-refractivity contribution in [3.05, 3.63) is 16.3 Å². The minimum Gasteiger partial charge on any atom is -0.462 e. The highest BCUT2D eigenvalue weighted by Crippen LogP contribution is 2.34. The molecule has 1 saturated heterocycles. The highest BCUT2D eigenvalue weighted by atomic mass is 32.1. The van der Waals surface area contributed by atoms with Crippen molar-refractivity contribution in [3.8, 4) is 0 Å². The van der Waals surface area contributed by atoms with Crippen molar-refractivity contribution in [2.24, 2.45) is 0 Å². The standard InChI is InChI=1S/C19H27N5O4S/c1-4-28-19(26)16-12(2)15-17(21-6-5-20-13(3)25)22-14(23-18(15)29-16)11-24-7-9-27-10-8-24/h4-11H2,1-3H3,(H,20,25)(H,21,22,23)/p+1. The van der Waals surface area contributed by atoms with Gasteiger partial charge < -0.3 is 25.0 Å². The predicted octanol–water partition coefficient (Wildman–Crippen LogP) is 0.140. The number of carbonyl (C=O) groups is 2. The second-order valence-corrected chi connectivity index (χ2v) is 7.89. The van der Waals surface area contributed by atoms with Gasteiger partial charge in [-0.3, -0.25) is 4.79 Å². The summed E-state index contributed by atoms with van der Waals surface area (Å²) >= 11 is 1.34. The zero-order chi connectivity index (χ0) is 20.8. The van der Waals surface area contributed by atoms with Crippen LogP contribution in [0.4, 0.5) is 5.82 Å². The average Bonchev–Trinajstić information content (AvgIpc) is 3.03. The second-order valence-electron chi connectivity index (χ2n) is 6.89. The number of fused-ring (bicyclic) bond motifs is 1. The third-order valence-corrected chi connectivity index (χ3v) is 5.86. The van der Waals surface area contributed by atoms with E-state index in [2.05, 4.69) is 10.6 Å². The van der Waals surface area contributed by atoms with Crippen molar-refractivity contribution in [2.75, 3.05) is 51.3 Å². The number of rotatable bonds is 8. The van der Waals surface area contributed by atoms with Gasteiger partial charge in [-0.2, -0.15) is 0 Å². The van der Waals surface area contributed by atoms with Gasteiger partial charge in [0.2, 0.25) is 5.91 Å². The van der Waals surface area contributed by atoms with E-state index in [1.54, 1.807) is 6.92 Å². The highest BCUT2D eigenvalue weighted by molar-refractivity contribution is 7.20. The van der Waals surface area contributed by atoms with Crippen LogP contribution in [0.2, 0.25) is 0 Å². The van der Waals surface area contributed by atoms with E-state index in [1.165, 1.54) is 23.2 Å². The predicted molar refractivity (Wildman–Crippen MR) is 111 cm³/mol. The number of thiophene rings is 1. The van der Waals surface area contributed by atoms with Gasteiger partial charge in [-0.15, -0.1) is 11.3 Å². The number of aryl methyl sites for hydroxylation is 1. The van der Waals surface area contributed by atoms with E-state index in [0.29, 0.717) is 36.9 Å². The third kappa shape index (κ3) is 5.40. The van der Waals surface area contributed by atoms with Crippen molar-refractivity contribution in [1.29, 1.82) is 0 Å². The van der Waals surface area contributed by atoms with Crippen LogP contribution in [-0.4, -0.2) is 67.8 Å². The van der Waals surface area contributed by atoms with Gasteiger partial charge in [0.1, 0.15) is 35.2 Å². The van der Waals surface area contributed by atoms with Crippen LogP contribution < -0.4 is 15.5 Å². The summed E-state index contributed by atoms with van der Waals surface area (Å²) in [4.78, 5) is 35.6. The summed E-state index contributed by atoms with van der Waals surface area (Å²) in [5, 5.41) is 6.90. The first-order valence-corrected chi connectivity index (χ1v) is 10.7. The highest BCUT2D eigenvalue weighted by Gasteiger charge is 2.23. The lowest BCUT2D eigenvalue weighted by Crippen LogP contribution is -3.12. The Labute approximate surface area is 173 Å². The molecule has 0 aromatic carbocycles. The molecule has 10 heteroatoms. The summed E-state index contributed by atoms with van der Waals surface area (Å²) in [5.41, 5.74) is 0.816. The van der Waals surface area contributed by atoms with Crippen LogP contribution in [-0.2, 0) is 20.8 Å². The van der Waals surface area contributed by atoms with Crippen LogP contribution in [0.3, 0.4) is 0 Å². The maximum atomic E-state index is 12.3. The number of ether oxygens (including phenoxy) is 2. The van der Waals surface area contributed by atoms with Crippen molar-refractivity contribution in [2.45, 2.75) is 27.3 Å². The molecule has 0 bridgehead atoms. The average molecular weight is 423 g/mol. The minimum absolute atomic E-state index is 0.0763. The van der Waals surface area contributed by atoms with Gasteiger partial charge in [-0.05, 0) is 19.4 Å². The van der Waals surface area contributed by atoms with Crippen molar-refractivity contribution in [3.63, 3.8) is 0 Å². The van der Waals surface area contributed by atoms with E-state index in [0.717, 1.165) is 47.9 Å². The Morgan fingerprint density at radius 1 is 1.24 bits per heavy atom. The van der Waals surface area contributed by atoms with Crippen LogP contribution in [0.15, 0.2) is 0 Å². The molecule has 0 atom stereocenters. The molecule has 0 unspecified atom stereocenters. The van der Waals surface area contributed by atoms with Gasteiger partial charge in [0, 0.05) is 20.0 Å². The van der Waals surface area contributed by atoms with E-state index < -0.39 is 0 Å². The lowest BCUT2D eigenvalue weighted by atomic mass is 10.2. The van der Waals surface area contributed by atoms with Crippen molar-refractivity contribution in [1.82, 2.24) is 15.3 Å². The maximum Gasteiger partial charge on any atom is 0.348 e. The number of aromatic nitrogens is 2. The molecule has 1 fully saturated rings. The van der Waals surface area contributed by atoms with E-state index in [1.807, 2.05) is 6.92 Å². The molecule has 1 aliphatic heterocycles. The van der Waals surface area contributed by atoms with Crippen LogP contribution in [0.25, 0.3) is 10.2 Å². The summed E-state index contributed by atoms with van der Waals surface area (Å²) in [5.74, 6) is 1.01.